The number of carboxylic acids is 1. The molecule has 4 heterocycles. The molecule has 0 unspecified atom stereocenters. The van der Waals surface area contributed by atoms with Crippen LogP contribution in [0.2, 0.25) is 0 Å². The summed E-state index contributed by atoms with van der Waals surface area (Å²) in [5, 5.41) is 9.33. The van der Waals surface area contributed by atoms with Crippen LogP contribution in [-0.2, 0) is 4.74 Å². The zero-order valence-corrected chi connectivity index (χ0v) is 17.2. The van der Waals surface area contributed by atoms with Crippen LogP contribution in [-0.4, -0.2) is 57.3 Å². The van der Waals surface area contributed by atoms with Crippen molar-refractivity contribution in [2.75, 3.05) is 36.9 Å². The van der Waals surface area contributed by atoms with Gasteiger partial charge in [0.2, 0.25) is 5.95 Å². The zero-order chi connectivity index (χ0) is 21.4. The second kappa shape index (κ2) is 7.89. The van der Waals surface area contributed by atoms with Crippen LogP contribution in [0.4, 0.5) is 11.8 Å². The SMILES string of the molecule is Nc1ncc(-c2nc(N3CCOCC3)c3sc(-c4cccc(C(=O)O)c4)cc3n2)cn1. The number of rotatable bonds is 4. The number of aromatic nitrogens is 4. The Hall–Kier alpha value is -3.63. The number of fused-ring (bicyclic) bond motifs is 1. The third kappa shape index (κ3) is 3.78. The number of carboxylic acid groups (broad SMARTS) is 1. The van der Waals surface area contributed by atoms with Crippen molar-refractivity contribution in [3.63, 3.8) is 0 Å². The van der Waals surface area contributed by atoms with Crippen molar-refractivity contribution >= 4 is 39.3 Å². The van der Waals surface area contributed by atoms with E-state index in [2.05, 4.69) is 14.9 Å². The van der Waals surface area contributed by atoms with Crippen LogP contribution in [0.15, 0.2) is 42.7 Å². The highest BCUT2D eigenvalue weighted by Gasteiger charge is 2.21. The Morgan fingerprint density at radius 3 is 2.61 bits per heavy atom. The highest BCUT2D eigenvalue weighted by Crippen LogP contribution is 2.38. The van der Waals surface area contributed by atoms with Crippen molar-refractivity contribution in [2.45, 2.75) is 0 Å². The highest BCUT2D eigenvalue weighted by atomic mass is 32.1. The molecule has 0 atom stereocenters. The number of hydrogen-bond acceptors (Lipinski definition) is 9. The molecule has 0 amide bonds. The van der Waals surface area contributed by atoms with Gasteiger partial charge in [-0.3, -0.25) is 0 Å². The maximum absolute atomic E-state index is 11.4. The normalized spacial score (nSPS) is 14.1. The summed E-state index contributed by atoms with van der Waals surface area (Å²) in [4.78, 5) is 32.2. The summed E-state index contributed by atoms with van der Waals surface area (Å²) in [5.74, 6) is 0.570. The topological polar surface area (TPSA) is 127 Å². The first-order valence-electron chi connectivity index (χ1n) is 9.64. The summed E-state index contributed by atoms with van der Waals surface area (Å²) in [6.45, 7) is 2.71. The van der Waals surface area contributed by atoms with Crippen LogP contribution in [0.5, 0.6) is 0 Å². The van der Waals surface area contributed by atoms with Gasteiger partial charge in [0.1, 0.15) is 0 Å². The van der Waals surface area contributed by atoms with Gasteiger partial charge in [-0.25, -0.2) is 24.7 Å². The number of aromatic carboxylic acids is 1. The first-order valence-corrected chi connectivity index (χ1v) is 10.5. The lowest BCUT2D eigenvalue weighted by Gasteiger charge is -2.28. The molecule has 156 valence electrons. The highest BCUT2D eigenvalue weighted by molar-refractivity contribution is 7.22. The molecule has 0 spiro atoms. The van der Waals surface area contributed by atoms with Crippen molar-refractivity contribution in [3.05, 3.63) is 48.3 Å². The third-order valence-corrected chi connectivity index (χ3v) is 6.16. The van der Waals surface area contributed by atoms with E-state index in [4.69, 9.17) is 20.4 Å². The van der Waals surface area contributed by atoms with Gasteiger partial charge in [-0.1, -0.05) is 12.1 Å². The predicted molar refractivity (Wildman–Crippen MR) is 118 cm³/mol. The van der Waals surface area contributed by atoms with Crippen molar-refractivity contribution in [2.24, 2.45) is 0 Å². The molecule has 31 heavy (non-hydrogen) atoms. The Balaban J connectivity index is 1.67. The number of anilines is 2. The van der Waals surface area contributed by atoms with E-state index in [1.165, 1.54) is 0 Å². The van der Waals surface area contributed by atoms with Gasteiger partial charge < -0.3 is 20.5 Å². The van der Waals surface area contributed by atoms with Gasteiger partial charge in [0, 0.05) is 30.4 Å². The van der Waals surface area contributed by atoms with E-state index < -0.39 is 5.97 Å². The van der Waals surface area contributed by atoms with Crippen LogP contribution in [0.1, 0.15) is 10.4 Å². The summed E-state index contributed by atoms with van der Waals surface area (Å²) in [5.41, 5.74) is 8.14. The minimum absolute atomic E-state index is 0.189. The number of nitrogens with two attached hydrogens (primary N) is 1. The van der Waals surface area contributed by atoms with Crippen LogP contribution < -0.4 is 10.6 Å². The lowest BCUT2D eigenvalue weighted by molar-refractivity contribution is 0.0697. The molecule has 3 N–H and O–H groups in total. The lowest BCUT2D eigenvalue weighted by Crippen LogP contribution is -2.36. The standard InChI is InChI=1S/C21H18N6O3S/c22-21-23-10-14(11-24-21)18-25-15-9-16(12-2-1-3-13(8-12)20(28)29)31-17(15)19(26-18)27-4-6-30-7-5-27/h1-3,8-11H,4-7H2,(H,28,29)(H2,22,23,24). The van der Waals surface area contributed by atoms with E-state index in [9.17, 15) is 9.90 Å². The molecule has 0 bridgehead atoms. The molecule has 9 nitrogen and oxygen atoms in total. The second-order valence-corrected chi connectivity index (χ2v) is 8.06. The Labute approximate surface area is 181 Å². The number of nitrogens with zero attached hydrogens (tertiary/aromatic N) is 5. The van der Waals surface area contributed by atoms with Crippen molar-refractivity contribution in [1.82, 2.24) is 19.9 Å². The summed E-state index contributed by atoms with van der Waals surface area (Å²) >= 11 is 1.55. The predicted octanol–water partition coefficient (Wildman–Crippen LogP) is 2.93. The number of thiophene rings is 1. The minimum Gasteiger partial charge on any atom is -0.478 e. The van der Waals surface area contributed by atoms with Crippen LogP contribution >= 0.6 is 11.3 Å². The average Bonchev–Trinajstić information content (AvgIpc) is 3.24. The fourth-order valence-corrected chi connectivity index (χ4v) is 4.55. The quantitative estimate of drug-likeness (QED) is 0.498. The Morgan fingerprint density at radius 2 is 1.87 bits per heavy atom. The smallest absolute Gasteiger partial charge is 0.335 e. The first kappa shape index (κ1) is 19.3. The van der Waals surface area contributed by atoms with Gasteiger partial charge in [0.05, 0.1) is 34.6 Å². The number of morpholine rings is 1. The summed E-state index contributed by atoms with van der Waals surface area (Å²) in [7, 11) is 0. The molecule has 0 saturated carbocycles. The van der Waals surface area contributed by atoms with Gasteiger partial charge in [-0.2, -0.15) is 0 Å². The maximum atomic E-state index is 11.4. The largest absolute Gasteiger partial charge is 0.478 e. The van der Waals surface area contributed by atoms with Crippen LogP contribution in [0, 0.1) is 0 Å². The van der Waals surface area contributed by atoms with Crippen molar-refractivity contribution in [1.29, 1.82) is 0 Å². The fourth-order valence-electron chi connectivity index (χ4n) is 3.43. The molecule has 10 heteroatoms. The maximum Gasteiger partial charge on any atom is 0.335 e. The van der Waals surface area contributed by atoms with Gasteiger partial charge in [-0.05, 0) is 23.8 Å². The van der Waals surface area contributed by atoms with Gasteiger partial charge in [-0.15, -0.1) is 11.3 Å². The van der Waals surface area contributed by atoms with E-state index in [0.29, 0.717) is 24.6 Å². The Kier molecular flexibility index (Phi) is 4.92. The van der Waals surface area contributed by atoms with E-state index in [1.54, 1.807) is 41.9 Å². The van der Waals surface area contributed by atoms with Gasteiger partial charge in [0.25, 0.3) is 0 Å². The number of ether oxygens (including phenoxy) is 1. The molecule has 1 aromatic carbocycles. The fraction of sp³-hybridized carbons (Fsp3) is 0.190. The van der Waals surface area contributed by atoms with E-state index in [-0.39, 0.29) is 11.5 Å². The minimum atomic E-state index is -0.956. The third-order valence-electron chi connectivity index (χ3n) is 4.99. The van der Waals surface area contributed by atoms with Crippen LogP contribution in [0.25, 0.3) is 32.0 Å². The number of carbonyl (C=O) groups is 1. The Morgan fingerprint density at radius 1 is 1.10 bits per heavy atom. The molecular formula is C21H18N6O3S. The second-order valence-electron chi connectivity index (χ2n) is 7.01. The van der Waals surface area contributed by atoms with Crippen molar-refractivity contribution in [3.8, 4) is 21.8 Å². The van der Waals surface area contributed by atoms with Gasteiger partial charge in [0.15, 0.2) is 11.6 Å². The van der Waals surface area contributed by atoms with Crippen LogP contribution in [0.3, 0.4) is 0 Å². The summed E-state index contributed by atoms with van der Waals surface area (Å²) in [6.07, 6.45) is 3.21. The average molecular weight is 434 g/mol. The lowest BCUT2D eigenvalue weighted by atomic mass is 10.1. The molecule has 1 aliphatic rings. The first-order chi connectivity index (χ1) is 15.1. The molecule has 5 rings (SSSR count). The molecule has 1 saturated heterocycles. The van der Waals surface area contributed by atoms with E-state index in [1.807, 2.05) is 12.1 Å². The van der Waals surface area contributed by atoms with Crippen molar-refractivity contribution < 1.29 is 14.6 Å². The molecule has 1 aliphatic heterocycles. The van der Waals surface area contributed by atoms with Gasteiger partial charge >= 0.3 is 5.97 Å². The summed E-state index contributed by atoms with van der Waals surface area (Å²) < 4.78 is 6.44. The molecule has 0 aliphatic carbocycles. The number of nitrogen functional groups attached to an aromatic ring is 1. The summed E-state index contributed by atoms with van der Waals surface area (Å²) in [6, 6.07) is 8.86. The Bertz CT molecular complexity index is 1270. The molecule has 3 aromatic heterocycles. The molecule has 1 fully saturated rings. The van der Waals surface area contributed by atoms with E-state index in [0.717, 1.165) is 39.6 Å². The number of hydrogen-bond donors (Lipinski definition) is 2. The monoisotopic (exact) mass is 434 g/mol. The molecular weight excluding hydrogens is 416 g/mol. The van der Waals surface area contributed by atoms with E-state index >= 15 is 0 Å². The molecule has 4 aromatic rings. The zero-order valence-electron chi connectivity index (χ0n) is 16.4. The molecule has 0 radical (unpaired) electrons. The number of benzene rings is 1.